The molecule has 0 heterocycles. The highest BCUT2D eigenvalue weighted by molar-refractivity contribution is 7.92. The van der Waals surface area contributed by atoms with Crippen LogP contribution in [-0.4, -0.2) is 35.8 Å². The average Bonchev–Trinajstić information content (AvgIpc) is 2.87. The smallest absolute Gasteiger partial charge is 0.339 e. The van der Waals surface area contributed by atoms with Crippen molar-refractivity contribution in [2.75, 3.05) is 0 Å². The van der Waals surface area contributed by atoms with Gasteiger partial charge in [0, 0.05) is 0 Å². The van der Waals surface area contributed by atoms with Crippen molar-refractivity contribution in [1.29, 1.82) is 0 Å². The zero-order chi connectivity index (χ0) is 25.8. The van der Waals surface area contributed by atoms with Gasteiger partial charge in [-0.1, -0.05) is 72.8 Å². The minimum absolute atomic E-state index is 0.00631. The van der Waals surface area contributed by atoms with Crippen LogP contribution >= 0.6 is 0 Å². The van der Waals surface area contributed by atoms with Crippen molar-refractivity contribution in [3.05, 3.63) is 127 Å². The molecule has 1 aliphatic carbocycles. The van der Waals surface area contributed by atoms with Gasteiger partial charge in [-0.15, -0.1) is 0 Å². The van der Waals surface area contributed by atoms with Gasteiger partial charge in [-0.3, -0.25) is 0 Å². The zero-order valence-electron chi connectivity index (χ0n) is 18.8. The molecule has 10 heteroatoms. The fourth-order valence-electron chi connectivity index (χ4n) is 3.50. The summed E-state index contributed by atoms with van der Waals surface area (Å²) in [5.74, 6) is -0.319. The van der Waals surface area contributed by atoms with E-state index >= 15 is 0 Å². The van der Waals surface area contributed by atoms with Crippen molar-refractivity contribution >= 4 is 29.8 Å². The zero-order valence-corrected chi connectivity index (χ0v) is 21.2. The Labute approximate surface area is 211 Å². The molecule has 0 saturated carbocycles. The molecule has 3 aromatic carbocycles. The molecule has 7 nitrogen and oxygen atoms in total. The van der Waals surface area contributed by atoms with Crippen molar-refractivity contribution < 1.29 is 29.4 Å². The van der Waals surface area contributed by atoms with Crippen LogP contribution < -0.4 is 0 Å². The van der Waals surface area contributed by atoms with Crippen LogP contribution in [0.5, 0.6) is 0 Å². The van der Waals surface area contributed by atoms with Gasteiger partial charge in [0.05, 0.1) is 9.79 Å². The summed E-state index contributed by atoms with van der Waals surface area (Å²) in [5, 5.41) is -2.65. The number of hydrogen-bond donors (Lipinski definition) is 0. The topological polar surface area (TPSA) is 112 Å². The molecule has 4 rings (SSSR count). The van der Waals surface area contributed by atoms with E-state index in [1.807, 2.05) is 0 Å². The highest BCUT2D eigenvalue weighted by Crippen LogP contribution is 2.26. The molecule has 0 spiro atoms. The van der Waals surface area contributed by atoms with Gasteiger partial charge >= 0.3 is 10.1 Å². The molecule has 0 aromatic heterocycles. The molecule has 186 valence electrons. The Morgan fingerprint density at radius 3 is 1.42 bits per heavy atom. The van der Waals surface area contributed by atoms with Crippen LogP contribution in [0.4, 0.5) is 0 Å². The molecule has 0 aliphatic heterocycles. The second-order valence-corrected chi connectivity index (χ2v) is 13.6. The third-order valence-electron chi connectivity index (χ3n) is 5.37. The van der Waals surface area contributed by atoms with Crippen molar-refractivity contribution in [3.63, 3.8) is 0 Å². The van der Waals surface area contributed by atoms with E-state index < -0.39 is 40.3 Å². The third-order valence-corrected chi connectivity index (χ3v) is 10.5. The first-order chi connectivity index (χ1) is 17.1. The quantitative estimate of drug-likeness (QED) is 0.327. The van der Waals surface area contributed by atoms with Crippen LogP contribution in [0.25, 0.3) is 0 Å². The van der Waals surface area contributed by atoms with Gasteiger partial charge in [0.2, 0.25) is 0 Å². The van der Waals surface area contributed by atoms with E-state index in [9.17, 15) is 25.3 Å². The van der Waals surface area contributed by atoms with Gasteiger partial charge in [-0.2, -0.15) is 8.42 Å². The monoisotopic (exact) mass is 542 g/mol. The Balaban J connectivity index is 1.81. The van der Waals surface area contributed by atoms with Crippen molar-refractivity contribution in [2.45, 2.75) is 25.2 Å². The highest BCUT2D eigenvalue weighted by atomic mass is 32.2. The maximum absolute atomic E-state index is 13.4. The van der Waals surface area contributed by atoms with Gasteiger partial charge in [0.15, 0.2) is 19.7 Å². The van der Waals surface area contributed by atoms with Crippen LogP contribution in [0.1, 0.15) is 0 Å². The molecule has 2 unspecified atom stereocenters. The lowest BCUT2D eigenvalue weighted by Crippen LogP contribution is -2.23. The first-order valence-corrected chi connectivity index (χ1v) is 15.3. The van der Waals surface area contributed by atoms with E-state index in [1.165, 1.54) is 72.8 Å². The van der Waals surface area contributed by atoms with E-state index in [0.29, 0.717) is 0 Å². The number of rotatable bonds is 7. The second kappa shape index (κ2) is 10.3. The minimum Gasteiger partial charge on any atom is -0.379 e. The Bertz CT molecular complexity index is 1620. The number of benzene rings is 3. The summed E-state index contributed by atoms with van der Waals surface area (Å²) in [5.41, 5.74) is 0. The summed E-state index contributed by atoms with van der Waals surface area (Å²) in [6.45, 7) is 0. The maximum Gasteiger partial charge on any atom is 0.339 e. The van der Waals surface area contributed by atoms with Crippen molar-refractivity contribution in [1.82, 2.24) is 0 Å². The predicted molar refractivity (Wildman–Crippen MR) is 136 cm³/mol. The van der Waals surface area contributed by atoms with Gasteiger partial charge in [0.1, 0.15) is 21.2 Å². The average molecular weight is 543 g/mol. The van der Waals surface area contributed by atoms with Gasteiger partial charge in [-0.05, 0) is 48.6 Å². The molecule has 0 bridgehead atoms. The van der Waals surface area contributed by atoms with Crippen LogP contribution in [0.15, 0.2) is 142 Å². The predicted octanol–water partition coefficient (Wildman–Crippen LogP) is 4.09. The van der Waals surface area contributed by atoms with Gasteiger partial charge in [0.25, 0.3) is 0 Å². The fourth-order valence-corrected chi connectivity index (χ4v) is 7.34. The maximum atomic E-state index is 13.4. The van der Waals surface area contributed by atoms with Crippen molar-refractivity contribution in [2.24, 2.45) is 0 Å². The second-order valence-electron chi connectivity index (χ2n) is 7.81. The van der Waals surface area contributed by atoms with E-state index in [4.69, 9.17) is 4.18 Å². The molecule has 2 atom stereocenters. The van der Waals surface area contributed by atoms with Gasteiger partial charge in [-0.25, -0.2) is 16.8 Å². The van der Waals surface area contributed by atoms with E-state index in [0.717, 1.165) is 6.08 Å². The summed E-state index contributed by atoms with van der Waals surface area (Å²) in [4.78, 5) is -0.100. The number of hydrogen-bond acceptors (Lipinski definition) is 7. The molecule has 3 aromatic rings. The summed E-state index contributed by atoms with van der Waals surface area (Å²) < 4.78 is 84.3. The molecule has 0 N–H and O–H groups in total. The summed E-state index contributed by atoms with van der Waals surface area (Å²) in [6.07, 6.45) is 6.08. The Morgan fingerprint density at radius 1 is 0.500 bits per heavy atom. The van der Waals surface area contributed by atoms with Crippen LogP contribution in [-0.2, 0) is 34.0 Å². The normalized spacial score (nSPS) is 21.8. The van der Waals surface area contributed by atoms with Crippen LogP contribution in [0.3, 0.4) is 0 Å². The van der Waals surface area contributed by atoms with E-state index in [1.54, 1.807) is 42.5 Å². The summed E-state index contributed by atoms with van der Waals surface area (Å²) in [6, 6.07) is 22.6. The largest absolute Gasteiger partial charge is 0.379 e. The Kier molecular flexibility index (Phi) is 7.30. The summed E-state index contributed by atoms with van der Waals surface area (Å²) in [7, 11) is -12.3. The number of sulfone groups is 2. The molecule has 0 radical (unpaired) electrons. The molecular weight excluding hydrogens is 520 g/mol. The summed E-state index contributed by atoms with van der Waals surface area (Å²) >= 11 is 0. The van der Waals surface area contributed by atoms with E-state index in [2.05, 4.69) is 0 Å². The molecule has 0 saturated heterocycles. The third kappa shape index (κ3) is 5.51. The first-order valence-electron chi connectivity index (χ1n) is 10.8. The molecular formula is C26H22O7S3. The fraction of sp³-hybridized carbons (Fsp3) is 0.0769. The SMILES string of the molecule is O=S(=O)(OC1=C/C(S(=O)(=O)c2ccccc2)/C=C\C(S(=O)(=O)c2ccccc2)/C=C\1)c1ccccc1. The van der Waals surface area contributed by atoms with Crippen LogP contribution in [0.2, 0.25) is 0 Å². The number of allylic oxidation sites excluding steroid dienone is 1. The Hall–Kier alpha value is -3.47. The standard InChI is InChI=1S/C26H22O7S3/c27-34(28,22-10-4-1-5-11-22)24-17-16-21(33-36(31,32)25-14-8-3-9-15-25)20-26(19-18-24)35(29,30)23-12-6-2-7-13-23/h1-20,24,26H/b17-16-,19-18-,21-20+. The molecule has 0 fully saturated rings. The van der Waals surface area contributed by atoms with E-state index in [-0.39, 0.29) is 20.4 Å². The Morgan fingerprint density at radius 2 is 0.917 bits per heavy atom. The highest BCUT2D eigenvalue weighted by Gasteiger charge is 2.30. The molecule has 36 heavy (non-hydrogen) atoms. The lowest BCUT2D eigenvalue weighted by Gasteiger charge is -2.17. The van der Waals surface area contributed by atoms with Gasteiger partial charge < -0.3 is 4.18 Å². The first kappa shape index (κ1) is 25.6. The lowest BCUT2D eigenvalue weighted by atomic mass is 10.2. The molecule has 0 amide bonds. The molecule has 1 aliphatic rings. The lowest BCUT2D eigenvalue weighted by molar-refractivity contribution is 0.418. The van der Waals surface area contributed by atoms with Crippen molar-refractivity contribution in [3.8, 4) is 0 Å². The van der Waals surface area contributed by atoms with Crippen LogP contribution in [0, 0.1) is 0 Å². The minimum atomic E-state index is -4.31.